The minimum Gasteiger partial charge on any atom is -0.294 e. The van der Waals surface area contributed by atoms with Crippen LogP contribution in [0.25, 0.3) is 16.7 Å². The summed E-state index contributed by atoms with van der Waals surface area (Å²) in [6.07, 6.45) is 0. The number of hydrogen-bond donors (Lipinski definition) is 0. The third kappa shape index (κ3) is 2.50. The summed E-state index contributed by atoms with van der Waals surface area (Å²) < 4.78 is 15.4. The first kappa shape index (κ1) is 14.6. The number of fused-ring (bicyclic) bond motifs is 1. The number of benzene rings is 2. The van der Waals surface area contributed by atoms with Gasteiger partial charge in [-0.15, -0.1) is 11.6 Å². The third-order valence-corrected chi connectivity index (χ3v) is 4.06. The van der Waals surface area contributed by atoms with E-state index in [0.29, 0.717) is 21.9 Å². The molecule has 0 amide bonds. The number of nitrogens with zero attached hydrogens (tertiary/aromatic N) is 2. The van der Waals surface area contributed by atoms with Crippen molar-refractivity contribution in [2.45, 2.75) is 12.8 Å². The van der Waals surface area contributed by atoms with Crippen LogP contribution < -0.4 is 0 Å². The monoisotopic (exact) mass is 342 g/mol. The summed E-state index contributed by atoms with van der Waals surface area (Å²) in [5.41, 5.74) is 2.94. The molecule has 0 N–H and O–H groups in total. The number of alkyl halides is 1. The molecule has 6 heteroatoms. The lowest BCUT2D eigenvalue weighted by Gasteiger charge is -2.10. The molecule has 0 aliphatic carbocycles. The molecule has 0 spiro atoms. The summed E-state index contributed by atoms with van der Waals surface area (Å²) in [6, 6.07) is 8.51. The Morgan fingerprint density at radius 3 is 2.57 bits per heavy atom. The van der Waals surface area contributed by atoms with Crippen LogP contribution in [0.15, 0.2) is 30.3 Å². The van der Waals surface area contributed by atoms with E-state index in [-0.39, 0.29) is 10.9 Å². The molecule has 1 heterocycles. The van der Waals surface area contributed by atoms with Gasteiger partial charge in [-0.2, -0.15) is 0 Å². The van der Waals surface area contributed by atoms with Crippen LogP contribution in [0.1, 0.15) is 11.4 Å². The van der Waals surface area contributed by atoms with Crippen molar-refractivity contribution in [3.05, 3.63) is 57.6 Å². The summed E-state index contributed by atoms with van der Waals surface area (Å²) in [7, 11) is 0. The van der Waals surface area contributed by atoms with Crippen molar-refractivity contribution in [3.8, 4) is 5.69 Å². The molecule has 3 rings (SSSR count). The van der Waals surface area contributed by atoms with Gasteiger partial charge in [-0.25, -0.2) is 9.37 Å². The van der Waals surface area contributed by atoms with Crippen LogP contribution in [0.2, 0.25) is 10.0 Å². The molecule has 0 aliphatic rings. The Morgan fingerprint density at radius 1 is 1.14 bits per heavy atom. The van der Waals surface area contributed by atoms with Crippen molar-refractivity contribution >= 4 is 45.8 Å². The van der Waals surface area contributed by atoms with Crippen LogP contribution in [-0.4, -0.2) is 9.55 Å². The molecule has 0 radical (unpaired) electrons. The molecule has 108 valence electrons. The molecule has 0 unspecified atom stereocenters. The molecule has 0 aliphatic heterocycles. The van der Waals surface area contributed by atoms with Crippen LogP contribution in [0, 0.1) is 12.7 Å². The highest BCUT2D eigenvalue weighted by Gasteiger charge is 2.16. The Bertz CT molecular complexity index is 843. The minimum absolute atomic E-state index is 0.0352. The molecule has 2 nitrogen and oxygen atoms in total. The van der Waals surface area contributed by atoms with E-state index in [0.717, 1.165) is 11.3 Å². The van der Waals surface area contributed by atoms with Crippen LogP contribution in [-0.2, 0) is 5.88 Å². The molecule has 0 saturated carbocycles. The standard InChI is InChI=1S/C15H10Cl3FN2/c1-8-2-3-13(10(18)4-8)21-14-5-9(17)11(19)6-12(14)20-15(21)7-16/h2-6H,7H2,1H3. The maximum absolute atomic E-state index is 13.6. The van der Waals surface area contributed by atoms with E-state index in [2.05, 4.69) is 4.98 Å². The van der Waals surface area contributed by atoms with Crippen molar-refractivity contribution in [2.24, 2.45) is 0 Å². The Labute approximate surface area is 136 Å². The van der Waals surface area contributed by atoms with Crippen molar-refractivity contribution in [3.63, 3.8) is 0 Å². The van der Waals surface area contributed by atoms with Crippen LogP contribution in [0.3, 0.4) is 0 Å². The molecule has 0 bridgehead atoms. The van der Waals surface area contributed by atoms with E-state index in [1.54, 1.807) is 4.57 Å². The predicted molar refractivity (Wildman–Crippen MR) is 85.3 cm³/mol. The average Bonchev–Trinajstić information content (AvgIpc) is 2.77. The minimum atomic E-state index is -0.509. The van der Waals surface area contributed by atoms with E-state index in [4.69, 9.17) is 34.8 Å². The van der Waals surface area contributed by atoms with Gasteiger partial charge >= 0.3 is 0 Å². The highest BCUT2D eigenvalue weighted by Crippen LogP contribution is 2.30. The maximum atomic E-state index is 13.6. The number of halogens is 4. The Hall–Kier alpha value is -1.29. The first-order valence-electron chi connectivity index (χ1n) is 6.20. The second-order valence-corrected chi connectivity index (χ2v) is 5.79. The molecule has 0 fully saturated rings. The van der Waals surface area contributed by atoms with Crippen molar-refractivity contribution < 1.29 is 4.39 Å². The Balaban J connectivity index is 2.37. The number of aryl methyl sites for hydroxylation is 1. The molecule has 3 aromatic rings. The van der Waals surface area contributed by atoms with Crippen LogP contribution >= 0.6 is 34.8 Å². The van der Waals surface area contributed by atoms with E-state index in [1.165, 1.54) is 12.1 Å². The van der Waals surface area contributed by atoms with Gasteiger partial charge in [0.1, 0.15) is 11.6 Å². The van der Waals surface area contributed by atoms with Crippen LogP contribution in [0.5, 0.6) is 0 Å². The number of aromatic nitrogens is 2. The highest BCUT2D eigenvalue weighted by molar-refractivity contribution is 6.33. The summed E-state index contributed by atoms with van der Waals surface area (Å²) in [6.45, 7) is 1.95. The fourth-order valence-corrected chi connectivity index (χ4v) is 2.93. The molecule has 1 aromatic heterocycles. The lowest BCUT2D eigenvalue weighted by atomic mass is 10.2. The SMILES string of the molecule is Cc1ccc(-n2c(CCl)nc3cc(F)c(Cl)cc32)c(Cl)c1. The Kier molecular flexibility index (Phi) is 3.82. The Morgan fingerprint density at radius 2 is 1.90 bits per heavy atom. The smallest absolute Gasteiger partial charge is 0.144 e. The maximum Gasteiger partial charge on any atom is 0.144 e. The average molecular weight is 344 g/mol. The largest absolute Gasteiger partial charge is 0.294 e. The van der Waals surface area contributed by atoms with Crippen molar-refractivity contribution in [1.82, 2.24) is 9.55 Å². The number of rotatable bonds is 2. The van der Waals surface area contributed by atoms with Crippen molar-refractivity contribution in [2.75, 3.05) is 0 Å². The summed E-state index contributed by atoms with van der Waals surface area (Å²) in [5.74, 6) is 0.252. The first-order valence-corrected chi connectivity index (χ1v) is 7.49. The number of hydrogen-bond acceptors (Lipinski definition) is 1. The van der Waals surface area contributed by atoms with Gasteiger partial charge in [-0.05, 0) is 30.7 Å². The topological polar surface area (TPSA) is 17.8 Å². The molecule has 0 saturated heterocycles. The van der Waals surface area contributed by atoms with E-state index in [1.807, 2.05) is 25.1 Å². The second-order valence-electron chi connectivity index (χ2n) is 4.71. The lowest BCUT2D eigenvalue weighted by molar-refractivity contribution is 0.630. The summed E-state index contributed by atoms with van der Waals surface area (Å²) in [5, 5.41) is 0.606. The van der Waals surface area contributed by atoms with Gasteiger partial charge in [0.05, 0.1) is 32.6 Å². The predicted octanol–water partition coefficient (Wildman–Crippen LogP) is 5.52. The van der Waals surface area contributed by atoms with Crippen molar-refractivity contribution in [1.29, 1.82) is 0 Å². The fraction of sp³-hybridized carbons (Fsp3) is 0.133. The molecular weight excluding hydrogens is 334 g/mol. The van der Waals surface area contributed by atoms with E-state index < -0.39 is 5.82 Å². The quantitative estimate of drug-likeness (QED) is 0.560. The van der Waals surface area contributed by atoms with Gasteiger partial charge in [0.2, 0.25) is 0 Å². The van der Waals surface area contributed by atoms with E-state index in [9.17, 15) is 4.39 Å². The van der Waals surface area contributed by atoms with Gasteiger partial charge in [-0.3, -0.25) is 4.57 Å². The molecule has 21 heavy (non-hydrogen) atoms. The van der Waals surface area contributed by atoms with E-state index >= 15 is 0 Å². The molecular formula is C15H10Cl3FN2. The van der Waals surface area contributed by atoms with Gasteiger partial charge < -0.3 is 0 Å². The fourth-order valence-electron chi connectivity index (χ4n) is 2.27. The van der Waals surface area contributed by atoms with Gasteiger partial charge in [-0.1, -0.05) is 29.3 Å². The second kappa shape index (κ2) is 5.48. The van der Waals surface area contributed by atoms with Gasteiger partial charge in [0, 0.05) is 6.07 Å². The zero-order chi connectivity index (χ0) is 15.1. The molecule has 2 aromatic carbocycles. The third-order valence-electron chi connectivity index (χ3n) is 3.23. The lowest BCUT2D eigenvalue weighted by Crippen LogP contribution is -2.00. The number of imidazole rings is 1. The normalized spacial score (nSPS) is 11.3. The zero-order valence-electron chi connectivity index (χ0n) is 11.0. The highest BCUT2D eigenvalue weighted by atomic mass is 35.5. The van der Waals surface area contributed by atoms with Gasteiger partial charge in [0.15, 0.2) is 0 Å². The molecule has 0 atom stereocenters. The summed E-state index contributed by atoms with van der Waals surface area (Å²) in [4.78, 5) is 4.35. The zero-order valence-corrected chi connectivity index (χ0v) is 13.3. The van der Waals surface area contributed by atoms with Gasteiger partial charge in [0.25, 0.3) is 0 Å². The van der Waals surface area contributed by atoms with Crippen LogP contribution in [0.4, 0.5) is 4.39 Å². The summed E-state index contributed by atoms with van der Waals surface area (Å²) >= 11 is 18.2. The first-order chi connectivity index (χ1) is 10.0.